The number of allylic oxidation sites excluding steroid dienone is 3. The van der Waals surface area contributed by atoms with Gasteiger partial charge in [-0.1, -0.05) is 12.2 Å². The molecule has 0 aliphatic carbocycles. The summed E-state index contributed by atoms with van der Waals surface area (Å²) in [5.74, 6) is -0.0718. The predicted molar refractivity (Wildman–Crippen MR) is 64.3 cm³/mol. The van der Waals surface area contributed by atoms with Crippen LogP contribution in [-0.2, 0) is 4.79 Å². The van der Waals surface area contributed by atoms with Crippen molar-refractivity contribution in [3.05, 3.63) is 35.6 Å². The van der Waals surface area contributed by atoms with Crippen molar-refractivity contribution >= 4 is 12.1 Å². The Morgan fingerprint density at radius 3 is 3.00 bits per heavy atom. The molecule has 4 nitrogen and oxygen atoms in total. The van der Waals surface area contributed by atoms with Crippen LogP contribution in [0.1, 0.15) is 6.42 Å². The van der Waals surface area contributed by atoms with Gasteiger partial charge in [0.05, 0.1) is 0 Å². The van der Waals surface area contributed by atoms with Crippen LogP contribution in [0.5, 0.6) is 0 Å². The lowest BCUT2D eigenvalue weighted by Crippen LogP contribution is -2.30. The molecule has 2 heterocycles. The first-order chi connectivity index (χ1) is 7.81. The largest absolute Gasteiger partial charge is 0.391 e. The Hall–Kier alpha value is -1.84. The normalized spacial score (nSPS) is 27.7. The Morgan fingerprint density at radius 2 is 2.44 bits per heavy atom. The van der Waals surface area contributed by atoms with E-state index in [0.717, 1.165) is 18.5 Å². The van der Waals surface area contributed by atoms with E-state index in [1.54, 1.807) is 13.3 Å². The minimum Gasteiger partial charge on any atom is -0.391 e. The first-order valence-electron chi connectivity index (χ1n) is 5.37. The van der Waals surface area contributed by atoms with Crippen molar-refractivity contribution in [2.45, 2.75) is 12.5 Å². The number of hydrogen-bond donors (Lipinski definition) is 2. The first kappa shape index (κ1) is 10.7. The second kappa shape index (κ2) is 4.79. The first-order valence-corrected chi connectivity index (χ1v) is 5.37. The van der Waals surface area contributed by atoms with Crippen LogP contribution in [0.25, 0.3) is 0 Å². The summed E-state index contributed by atoms with van der Waals surface area (Å²) in [6, 6.07) is -0.375. The molecule has 0 aromatic carbocycles. The molecule has 0 aromatic heterocycles. The molecule has 0 radical (unpaired) electrons. The number of aliphatic imine (C=N–C) groups is 1. The van der Waals surface area contributed by atoms with Crippen molar-refractivity contribution < 1.29 is 4.79 Å². The van der Waals surface area contributed by atoms with Crippen LogP contribution in [0.3, 0.4) is 0 Å². The predicted octanol–water partition coefficient (Wildman–Crippen LogP) is 0.545. The van der Waals surface area contributed by atoms with Crippen molar-refractivity contribution in [3.8, 4) is 0 Å². The molecule has 0 saturated carbocycles. The molecule has 4 heteroatoms. The van der Waals surface area contributed by atoms with E-state index in [1.165, 1.54) is 5.57 Å². The molecule has 2 aliphatic rings. The minimum absolute atomic E-state index is 0.0718. The molecule has 16 heavy (non-hydrogen) atoms. The van der Waals surface area contributed by atoms with Crippen molar-refractivity contribution in [3.63, 3.8) is 0 Å². The highest BCUT2D eigenvalue weighted by Gasteiger charge is 2.15. The lowest BCUT2D eigenvalue weighted by atomic mass is 10.0. The lowest BCUT2D eigenvalue weighted by Gasteiger charge is -2.15. The van der Waals surface area contributed by atoms with Gasteiger partial charge in [-0.2, -0.15) is 0 Å². The Kier molecular flexibility index (Phi) is 3.19. The molecule has 0 fully saturated rings. The van der Waals surface area contributed by atoms with Gasteiger partial charge in [0, 0.05) is 19.8 Å². The Labute approximate surface area is 94.8 Å². The standard InChI is InChI=1S/C12H15N3O/c1-13-12(16)11-3-2-10(8-15-11)9-4-6-14-7-5-9/h2-4,6,8,11,14H,5,7H2,1H3,(H,13,16). The number of amides is 1. The van der Waals surface area contributed by atoms with Crippen LogP contribution >= 0.6 is 0 Å². The number of nitrogens with one attached hydrogen (secondary N) is 2. The molecule has 2 aliphatic heterocycles. The van der Waals surface area contributed by atoms with Gasteiger partial charge in [0.15, 0.2) is 0 Å². The highest BCUT2D eigenvalue weighted by molar-refractivity contribution is 5.92. The van der Waals surface area contributed by atoms with E-state index >= 15 is 0 Å². The number of carbonyl (C=O) groups excluding carboxylic acids is 1. The summed E-state index contributed by atoms with van der Waals surface area (Å²) in [4.78, 5) is 15.6. The van der Waals surface area contributed by atoms with E-state index in [9.17, 15) is 4.79 Å². The molecule has 1 atom stereocenters. The Bertz CT molecular complexity index is 388. The van der Waals surface area contributed by atoms with Gasteiger partial charge in [0.1, 0.15) is 6.04 Å². The SMILES string of the molecule is CNC(=O)C1C=CC(=C2C=CNCC2)C=N1. The molecule has 0 spiro atoms. The van der Waals surface area contributed by atoms with E-state index in [0.29, 0.717) is 0 Å². The zero-order valence-corrected chi connectivity index (χ0v) is 9.23. The van der Waals surface area contributed by atoms with Crippen LogP contribution in [0.4, 0.5) is 0 Å². The van der Waals surface area contributed by atoms with E-state index < -0.39 is 0 Å². The summed E-state index contributed by atoms with van der Waals surface area (Å²) in [6.45, 7) is 0.954. The summed E-state index contributed by atoms with van der Waals surface area (Å²) in [5.41, 5.74) is 2.35. The number of nitrogens with zero attached hydrogens (tertiary/aromatic N) is 1. The van der Waals surface area contributed by atoms with E-state index in [4.69, 9.17) is 0 Å². The van der Waals surface area contributed by atoms with Gasteiger partial charge in [-0.05, 0) is 29.8 Å². The fourth-order valence-corrected chi connectivity index (χ4v) is 1.71. The van der Waals surface area contributed by atoms with Gasteiger partial charge in [-0.15, -0.1) is 0 Å². The summed E-state index contributed by atoms with van der Waals surface area (Å²) >= 11 is 0. The van der Waals surface area contributed by atoms with E-state index in [2.05, 4.69) is 21.7 Å². The maximum Gasteiger partial charge on any atom is 0.248 e. The maximum atomic E-state index is 11.3. The van der Waals surface area contributed by atoms with Gasteiger partial charge in [0.25, 0.3) is 0 Å². The second-order valence-electron chi connectivity index (χ2n) is 3.71. The number of likely N-dealkylation sites (N-methyl/N-ethyl adjacent to an activating group) is 1. The fourth-order valence-electron chi connectivity index (χ4n) is 1.71. The molecular formula is C12H15N3O. The summed E-state index contributed by atoms with van der Waals surface area (Å²) in [6.07, 6.45) is 10.6. The highest BCUT2D eigenvalue weighted by Crippen LogP contribution is 2.16. The van der Waals surface area contributed by atoms with Gasteiger partial charge in [-0.3, -0.25) is 9.79 Å². The van der Waals surface area contributed by atoms with Crippen molar-refractivity contribution in [2.75, 3.05) is 13.6 Å². The summed E-state index contributed by atoms with van der Waals surface area (Å²) in [7, 11) is 1.62. The van der Waals surface area contributed by atoms with Crippen LogP contribution in [0.2, 0.25) is 0 Å². The van der Waals surface area contributed by atoms with Gasteiger partial charge in [-0.25, -0.2) is 0 Å². The zero-order chi connectivity index (χ0) is 11.4. The quantitative estimate of drug-likeness (QED) is 0.673. The zero-order valence-electron chi connectivity index (χ0n) is 9.23. The topological polar surface area (TPSA) is 53.5 Å². The van der Waals surface area contributed by atoms with Crippen molar-refractivity contribution in [1.29, 1.82) is 0 Å². The minimum atomic E-state index is -0.375. The summed E-state index contributed by atoms with van der Waals surface area (Å²) in [5, 5.41) is 5.73. The third-order valence-corrected chi connectivity index (χ3v) is 2.66. The average Bonchev–Trinajstić information content (AvgIpc) is 2.39. The second-order valence-corrected chi connectivity index (χ2v) is 3.71. The third kappa shape index (κ3) is 2.21. The van der Waals surface area contributed by atoms with Crippen LogP contribution < -0.4 is 10.6 Å². The Morgan fingerprint density at radius 1 is 1.56 bits per heavy atom. The molecule has 84 valence electrons. The van der Waals surface area contributed by atoms with Crippen LogP contribution in [-0.4, -0.2) is 31.8 Å². The molecular weight excluding hydrogens is 202 g/mol. The number of dihydropyridines is 1. The molecule has 1 amide bonds. The molecule has 0 aromatic rings. The van der Waals surface area contributed by atoms with Crippen LogP contribution in [0.15, 0.2) is 40.6 Å². The van der Waals surface area contributed by atoms with E-state index in [-0.39, 0.29) is 11.9 Å². The van der Waals surface area contributed by atoms with E-state index in [1.807, 2.05) is 18.4 Å². The van der Waals surface area contributed by atoms with Crippen molar-refractivity contribution in [2.24, 2.45) is 4.99 Å². The maximum absolute atomic E-state index is 11.3. The van der Waals surface area contributed by atoms with Gasteiger partial charge >= 0.3 is 0 Å². The molecule has 1 unspecified atom stereocenters. The molecule has 0 bridgehead atoms. The van der Waals surface area contributed by atoms with Gasteiger partial charge in [0.2, 0.25) is 5.91 Å². The molecule has 2 N–H and O–H groups in total. The van der Waals surface area contributed by atoms with Crippen molar-refractivity contribution in [1.82, 2.24) is 10.6 Å². The lowest BCUT2D eigenvalue weighted by molar-refractivity contribution is -0.120. The number of hydrogen-bond acceptors (Lipinski definition) is 3. The van der Waals surface area contributed by atoms with Gasteiger partial charge < -0.3 is 10.6 Å². The smallest absolute Gasteiger partial charge is 0.248 e. The third-order valence-electron chi connectivity index (χ3n) is 2.66. The number of rotatable bonds is 1. The highest BCUT2D eigenvalue weighted by atomic mass is 16.2. The van der Waals surface area contributed by atoms with Crippen LogP contribution in [0, 0.1) is 0 Å². The fraction of sp³-hybridized carbons (Fsp3) is 0.333. The summed E-state index contributed by atoms with van der Waals surface area (Å²) < 4.78 is 0. The Balaban J connectivity index is 2.14. The molecule has 0 saturated heterocycles. The number of carbonyl (C=O) groups is 1. The monoisotopic (exact) mass is 217 g/mol. The average molecular weight is 217 g/mol. The molecule has 2 rings (SSSR count).